The Morgan fingerprint density at radius 1 is 1.00 bits per heavy atom. The van der Waals surface area contributed by atoms with Gasteiger partial charge in [-0.2, -0.15) is 0 Å². The molecule has 2 aromatic carbocycles. The first kappa shape index (κ1) is 20.6. The van der Waals surface area contributed by atoms with Crippen LogP contribution in [0.15, 0.2) is 59.6 Å². The van der Waals surface area contributed by atoms with E-state index in [-0.39, 0.29) is 23.1 Å². The summed E-state index contributed by atoms with van der Waals surface area (Å²) in [6.07, 6.45) is 1.55. The summed E-state index contributed by atoms with van der Waals surface area (Å²) in [7, 11) is -1.65. The van der Waals surface area contributed by atoms with Crippen molar-refractivity contribution in [1.29, 1.82) is 0 Å². The number of piperazine rings is 1. The van der Waals surface area contributed by atoms with Gasteiger partial charge in [0.15, 0.2) is 9.84 Å². The van der Waals surface area contributed by atoms with Crippen LogP contribution < -0.4 is 0 Å². The van der Waals surface area contributed by atoms with Crippen molar-refractivity contribution in [3.05, 3.63) is 66.1 Å². The molecule has 1 fully saturated rings. The number of carbonyl (C=O) groups excluding carboxylic acids is 1. The number of amides is 1. The van der Waals surface area contributed by atoms with Gasteiger partial charge in [-0.3, -0.25) is 4.79 Å². The summed E-state index contributed by atoms with van der Waals surface area (Å²) < 4.78 is 41.1. The van der Waals surface area contributed by atoms with E-state index in [1.54, 1.807) is 22.9 Å². The van der Waals surface area contributed by atoms with Crippen molar-refractivity contribution in [1.82, 2.24) is 14.4 Å². The first-order chi connectivity index (χ1) is 14.3. The second-order valence-corrected chi connectivity index (χ2v) is 9.67. The van der Waals surface area contributed by atoms with Gasteiger partial charge in [-0.1, -0.05) is 30.3 Å². The zero-order valence-electron chi connectivity index (χ0n) is 16.8. The molecule has 1 aliphatic rings. The highest BCUT2D eigenvalue weighted by Gasteiger charge is 2.24. The molecule has 1 aliphatic heterocycles. The van der Waals surface area contributed by atoms with Gasteiger partial charge >= 0.3 is 0 Å². The summed E-state index contributed by atoms with van der Waals surface area (Å²) >= 11 is 0. The van der Waals surface area contributed by atoms with Crippen molar-refractivity contribution in [3.63, 3.8) is 0 Å². The number of nitrogens with zero attached hydrogens (tertiary/aromatic N) is 3. The van der Waals surface area contributed by atoms with Gasteiger partial charge in [-0.05, 0) is 30.8 Å². The molecule has 6 nitrogen and oxygen atoms in total. The van der Waals surface area contributed by atoms with Gasteiger partial charge < -0.3 is 14.4 Å². The summed E-state index contributed by atoms with van der Waals surface area (Å²) in [6.45, 7) is 3.09. The van der Waals surface area contributed by atoms with Gasteiger partial charge in [0.05, 0.1) is 10.6 Å². The molecule has 0 unspecified atom stereocenters. The van der Waals surface area contributed by atoms with Gasteiger partial charge in [-0.25, -0.2) is 12.8 Å². The Balaban J connectivity index is 1.63. The second-order valence-electron chi connectivity index (χ2n) is 7.71. The van der Waals surface area contributed by atoms with Crippen LogP contribution in [0, 0.1) is 5.82 Å². The lowest BCUT2D eigenvalue weighted by molar-refractivity contribution is -0.133. The number of likely N-dealkylation sites (N-methyl/N-ethyl adjacent to an activating group) is 1. The van der Waals surface area contributed by atoms with E-state index >= 15 is 0 Å². The Kier molecular flexibility index (Phi) is 5.62. The first-order valence-electron chi connectivity index (χ1n) is 9.85. The Hall–Kier alpha value is -2.71. The quantitative estimate of drug-likeness (QED) is 0.625. The van der Waals surface area contributed by atoms with Crippen LogP contribution in [0.25, 0.3) is 10.9 Å². The van der Waals surface area contributed by atoms with Crippen LogP contribution in [0.5, 0.6) is 0 Å². The summed E-state index contributed by atoms with van der Waals surface area (Å²) in [6, 6.07) is 12.6. The predicted octanol–water partition coefficient (Wildman–Crippen LogP) is 2.53. The third kappa shape index (κ3) is 4.24. The Bertz CT molecular complexity index is 1160. The topological polar surface area (TPSA) is 62.6 Å². The zero-order valence-corrected chi connectivity index (χ0v) is 17.6. The molecular weight excluding hydrogens is 405 g/mol. The fourth-order valence-corrected chi connectivity index (χ4v) is 5.35. The fraction of sp³-hybridized carbons (Fsp3) is 0.318. The summed E-state index contributed by atoms with van der Waals surface area (Å²) in [5.41, 5.74) is 1.22. The van der Waals surface area contributed by atoms with Crippen molar-refractivity contribution in [2.75, 3.05) is 33.2 Å². The SMILES string of the molecule is CN1CCN(C(=O)Cn2cc(S(=O)(=O)Cc3ccc(F)cc3)c3ccccc32)CC1. The molecule has 0 spiro atoms. The monoisotopic (exact) mass is 429 g/mol. The third-order valence-electron chi connectivity index (χ3n) is 5.52. The average Bonchev–Trinajstić information content (AvgIpc) is 3.10. The largest absolute Gasteiger partial charge is 0.339 e. The van der Waals surface area contributed by atoms with Crippen LogP contribution in [0.1, 0.15) is 5.56 Å². The number of aromatic nitrogens is 1. The molecule has 0 aliphatic carbocycles. The standard InChI is InChI=1S/C22H24FN3O3S/c1-24-10-12-25(13-11-24)22(27)15-26-14-21(19-4-2-3-5-20(19)26)30(28,29)16-17-6-8-18(23)9-7-17/h2-9,14H,10-13,15-16H2,1H3. The second kappa shape index (κ2) is 8.20. The van der Waals surface area contributed by atoms with Gasteiger partial charge in [0.1, 0.15) is 12.4 Å². The van der Waals surface area contributed by atoms with E-state index in [1.807, 2.05) is 24.1 Å². The minimum absolute atomic E-state index is 0.0219. The Labute approximate surface area is 175 Å². The lowest BCUT2D eigenvalue weighted by Crippen LogP contribution is -2.48. The van der Waals surface area contributed by atoms with Crippen molar-refractivity contribution in [2.24, 2.45) is 0 Å². The normalized spacial score (nSPS) is 15.6. The van der Waals surface area contributed by atoms with Crippen LogP contribution in [0.4, 0.5) is 4.39 Å². The smallest absolute Gasteiger partial charge is 0.242 e. The zero-order chi connectivity index (χ0) is 21.3. The molecule has 30 heavy (non-hydrogen) atoms. The number of benzene rings is 2. The summed E-state index contributed by atoms with van der Waals surface area (Å²) in [5, 5.41) is 0.589. The van der Waals surface area contributed by atoms with E-state index in [0.717, 1.165) is 13.1 Å². The maximum atomic E-state index is 13.2. The molecule has 0 radical (unpaired) electrons. The van der Waals surface area contributed by atoms with Crippen LogP contribution in [-0.4, -0.2) is 61.9 Å². The highest BCUT2D eigenvalue weighted by molar-refractivity contribution is 7.90. The van der Waals surface area contributed by atoms with Crippen LogP contribution >= 0.6 is 0 Å². The maximum Gasteiger partial charge on any atom is 0.242 e. The minimum atomic E-state index is -3.67. The first-order valence-corrected chi connectivity index (χ1v) is 11.5. The van der Waals surface area contributed by atoms with Crippen LogP contribution in [0.3, 0.4) is 0 Å². The molecule has 0 N–H and O–H groups in total. The van der Waals surface area contributed by atoms with Gasteiger partial charge in [0.25, 0.3) is 0 Å². The highest BCUT2D eigenvalue weighted by atomic mass is 32.2. The molecule has 0 saturated carbocycles. The molecule has 8 heteroatoms. The van der Waals surface area contributed by atoms with E-state index in [9.17, 15) is 17.6 Å². The lowest BCUT2D eigenvalue weighted by atomic mass is 10.2. The number of hydrogen-bond donors (Lipinski definition) is 0. The van der Waals surface area contributed by atoms with E-state index in [2.05, 4.69) is 4.90 Å². The molecule has 1 amide bonds. The van der Waals surface area contributed by atoms with E-state index in [0.29, 0.717) is 29.6 Å². The lowest BCUT2D eigenvalue weighted by Gasteiger charge is -2.32. The Morgan fingerprint density at radius 3 is 2.37 bits per heavy atom. The average molecular weight is 430 g/mol. The number of hydrogen-bond acceptors (Lipinski definition) is 4. The van der Waals surface area contributed by atoms with E-state index < -0.39 is 15.7 Å². The number of rotatable bonds is 5. The van der Waals surface area contributed by atoms with Crippen molar-refractivity contribution in [3.8, 4) is 0 Å². The van der Waals surface area contributed by atoms with Gasteiger partial charge in [0, 0.05) is 43.3 Å². The van der Waals surface area contributed by atoms with Crippen LogP contribution in [0.2, 0.25) is 0 Å². The molecule has 3 aromatic rings. The Morgan fingerprint density at radius 2 is 1.67 bits per heavy atom. The van der Waals surface area contributed by atoms with E-state index in [4.69, 9.17) is 0 Å². The van der Waals surface area contributed by atoms with Crippen LogP contribution in [-0.2, 0) is 26.9 Å². The minimum Gasteiger partial charge on any atom is -0.339 e. The molecule has 0 bridgehead atoms. The number of fused-ring (bicyclic) bond motifs is 1. The maximum absolute atomic E-state index is 13.2. The van der Waals surface area contributed by atoms with Gasteiger partial charge in [0.2, 0.25) is 5.91 Å². The summed E-state index contributed by atoms with van der Waals surface area (Å²) in [4.78, 5) is 17.0. The molecule has 0 atom stereocenters. The number of carbonyl (C=O) groups is 1. The molecular formula is C22H24FN3O3S. The third-order valence-corrected chi connectivity index (χ3v) is 7.23. The fourth-order valence-electron chi connectivity index (χ4n) is 3.77. The molecule has 2 heterocycles. The molecule has 1 aromatic heterocycles. The predicted molar refractivity (Wildman–Crippen MR) is 113 cm³/mol. The highest BCUT2D eigenvalue weighted by Crippen LogP contribution is 2.28. The number of halogens is 1. The molecule has 1 saturated heterocycles. The van der Waals surface area contributed by atoms with E-state index in [1.165, 1.54) is 24.3 Å². The number of sulfone groups is 1. The summed E-state index contributed by atoms with van der Waals surface area (Å²) in [5.74, 6) is -0.658. The van der Waals surface area contributed by atoms with Gasteiger partial charge in [-0.15, -0.1) is 0 Å². The molecule has 4 rings (SSSR count). The number of para-hydroxylation sites is 1. The van der Waals surface area contributed by atoms with Crippen molar-refractivity contribution >= 4 is 26.6 Å². The van der Waals surface area contributed by atoms with Crippen molar-refractivity contribution in [2.45, 2.75) is 17.2 Å². The molecule has 158 valence electrons. The van der Waals surface area contributed by atoms with Crippen molar-refractivity contribution < 1.29 is 17.6 Å².